The van der Waals surface area contributed by atoms with Gasteiger partial charge < -0.3 is 20.8 Å². The number of benzene rings is 1. The summed E-state index contributed by atoms with van der Waals surface area (Å²) in [6, 6.07) is 7.06. The first-order valence-corrected chi connectivity index (χ1v) is 13.8. The van der Waals surface area contributed by atoms with Gasteiger partial charge in [0.2, 0.25) is 0 Å². The number of carbonyl (C=O) groups is 2. The first-order chi connectivity index (χ1) is 17.9. The minimum absolute atomic E-state index is 0.142. The van der Waals surface area contributed by atoms with Crippen LogP contribution in [0.4, 0.5) is 0 Å². The number of ether oxygens (including phenoxy) is 1. The van der Waals surface area contributed by atoms with Crippen LogP contribution < -0.4 is 10.6 Å². The maximum Gasteiger partial charge on any atom is 0.251 e. The lowest BCUT2D eigenvalue weighted by molar-refractivity contribution is -0.117. The van der Waals surface area contributed by atoms with E-state index in [9.17, 15) is 9.59 Å². The van der Waals surface area contributed by atoms with Crippen LogP contribution in [0.25, 0.3) is 0 Å². The molecule has 1 amide bonds. The Hall–Kier alpha value is -2.70. The number of carbonyl (C=O) groups excluding carboxylic acids is 2. The van der Waals surface area contributed by atoms with Crippen molar-refractivity contribution in [1.82, 2.24) is 10.6 Å². The summed E-state index contributed by atoms with van der Waals surface area (Å²) in [6.45, 7) is 6.59. The van der Waals surface area contributed by atoms with Gasteiger partial charge in [0.05, 0.1) is 12.3 Å². The summed E-state index contributed by atoms with van der Waals surface area (Å²) >= 11 is 5.92. The van der Waals surface area contributed by atoms with Crippen molar-refractivity contribution in [3.63, 3.8) is 0 Å². The number of amides is 1. The van der Waals surface area contributed by atoms with Crippen LogP contribution in [0.15, 0.2) is 59.3 Å². The Bertz CT molecular complexity index is 1040. The van der Waals surface area contributed by atoms with Gasteiger partial charge in [-0.15, -0.1) is 0 Å². The smallest absolute Gasteiger partial charge is 0.251 e. The van der Waals surface area contributed by atoms with E-state index < -0.39 is 0 Å². The molecule has 1 aromatic carbocycles. The molecule has 37 heavy (non-hydrogen) atoms. The molecule has 6 nitrogen and oxygen atoms in total. The van der Waals surface area contributed by atoms with Gasteiger partial charge in [-0.1, -0.05) is 24.9 Å². The van der Waals surface area contributed by atoms with Gasteiger partial charge in [-0.3, -0.25) is 9.59 Å². The number of ketones is 1. The van der Waals surface area contributed by atoms with Gasteiger partial charge in [0.15, 0.2) is 5.78 Å². The number of Topliss-reactive ketones (excluding diaryl/α,β-unsaturated/α-hetero) is 1. The summed E-state index contributed by atoms with van der Waals surface area (Å²) in [5.74, 6) is 1.14. The van der Waals surface area contributed by atoms with E-state index >= 15 is 0 Å². The Kier molecular flexibility index (Phi) is 11.6. The first-order valence-electron chi connectivity index (χ1n) is 13.5. The van der Waals surface area contributed by atoms with Crippen LogP contribution in [-0.4, -0.2) is 43.7 Å². The fourth-order valence-electron chi connectivity index (χ4n) is 4.44. The zero-order valence-electron chi connectivity index (χ0n) is 22.1. The van der Waals surface area contributed by atoms with Crippen molar-refractivity contribution >= 4 is 29.0 Å². The molecule has 0 bridgehead atoms. The molecule has 1 atom stereocenters. The van der Waals surface area contributed by atoms with Gasteiger partial charge >= 0.3 is 0 Å². The third kappa shape index (κ3) is 9.60. The van der Waals surface area contributed by atoms with Gasteiger partial charge in [-0.05, 0) is 92.9 Å². The summed E-state index contributed by atoms with van der Waals surface area (Å²) in [5.41, 5.74) is 3.19. The second-order valence-corrected chi connectivity index (χ2v) is 10.4. The molecule has 1 fully saturated rings. The maximum atomic E-state index is 12.7. The number of halogens is 1. The van der Waals surface area contributed by atoms with E-state index in [1.807, 2.05) is 13.1 Å². The molecule has 1 unspecified atom stereocenters. The summed E-state index contributed by atoms with van der Waals surface area (Å²) in [4.78, 5) is 25.2. The lowest BCUT2D eigenvalue weighted by Gasteiger charge is -2.19. The van der Waals surface area contributed by atoms with Crippen LogP contribution in [0, 0.1) is 17.2 Å². The van der Waals surface area contributed by atoms with Crippen LogP contribution >= 0.6 is 11.6 Å². The molecule has 1 saturated carbocycles. The van der Waals surface area contributed by atoms with Crippen molar-refractivity contribution in [1.29, 1.82) is 5.41 Å². The van der Waals surface area contributed by atoms with Crippen molar-refractivity contribution < 1.29 is 14.3 Å². The molecular weight excluding hydrogens is 486 g/mol. The molecule has 2 aliphatic rings. The van der Waals surface area contributed by atoms with Crippen molar-refractivity contribution in [2.24, 2.45) is 11.8 Å². The van der Waals surface area contributed by atoms with Gasteiger partial charge in [-0.2, -0.15) is 0 Å². The average Bonchev–Trinajstić information content (AvgIpc) is 3.70. The quantitative estimate of drug-likeness (QED) is 0.181. The molecular formula is C30H40ClN3O3. The highest BCUT2D eigenvalue weighted by atomic mass is 35.5. The molecule has 0 spiro atoms. The van der Waals surface area contributed by atoms with E-state index in [1.54, 1.807) is 36.4 Å². The van der Waals surface area contributed by atoms with Crippen LogP contribution in [0.5, 0.6) is 0 Å². The van der Waals surface area contributed by atoms with Gasteiger partial charge in [0.25, 0.3) is 5.91 Å². The highest BCUT2D eigenvalue weighted by molar-refractivity contribution is 6.30. The molecule has 0 aromatic heterocycles. The van der Waals surface area contributed by atoms with E-state index in [2.05, 4.69) is 17.6 Å². The van der Waals surface area contributed by atoms with Crippen molar-refractivity contribution in [3.05, 3.63) is 69.9 Å². The molecule has 2 aliphatic carbocycles. The van der Waals surface area contributed by atoms with Crippen LogP contribution in [0.2, 0.25) is 5.02 Å². The minimum Gasteiger partial charge on any atom is -0.390 e. The number of allylic oxidation sites excluding steroid dienone is 3. The predicted octanol–water partition coefficient (Wildman–Crippen LogP) is 6.03. The third-order valence-electron chi connectivity index (χ3n) is 6.87. The second kappa shape index (κ2) is 14.9. The summed E-state index contributed by atoms with van der Waals surface area (Å²) in [7, 11) is 0. The number of rotatable bonds is 16. The second-order valence-electron chi connectivity index (χ2n) is 10.0. The normalized spacial score (nSPS) is 17.3. The SMILES string of the molecule is CCCC(CCCC(=O)c1ccc(Cl)cc1)CN/C=C1\C(=N)C=CC(C(=O)NCCOCC2CC2)=C1C. The van der Waals surface area contributed by atoms with Crippen LogP contribution in [-0.2, 0) is 9.53 Å². The molecule has 7 heteroatoms. The zero-order chi connectivity index (χ0) is 26.6. The Labute approximate surface area is 226 Å². The Morgan fingerprint density at radius 2 is 1.95 bits per heavy atom. The molecule has 0 aliphatic heterocycles. The van der Waals surface area contributed by atoms with Crippen LogP contribution in [0.3, 0.4) is 0 Å². The Morgan fingerprint density at radius 1 is 1.19 bits per heavy atom. The van der Waals surface area contributed by atoms with E-state index in [1.165, 1.54) is 12.8 Å². The number of nitrogens with one attached hydrogen (secondary N) is 3. The van der Waals surface area contributed by atoms with Crippen molar-refractivity contribution in [2.45, 2.75) is 58.8 Å². The molecule has 1 aromatic rings. The third-order valence-corrected chi connectivity index (χ3v) is 7.13. The highest BCUT2D eigenvalue weighted by Gasteiger charge is 2.22. The van der Waals surface area contributed by atoms with Gasteiger partial charge in [0.1, 0.15) is 0 Å². The van der Waals surface area contributed by atoms with Crippen molar-refractivity contribution in [3.8, 4) is 0 Å². The van der Waals surface area contributed by atoms with Gasteiger partial charge in [-0.25, -0.2) is 0 Å². The molecule has 200 valence electrons. The molecule has 0 saturated heterocycles. The lowest BCUT2D eigenvalue weighted by Crippen LogP contribution is -2.30. The van der Waals surface area contributed by atoms with E-state index in [0.717, 1.165) is 50.0 Å². The van der Waals surface area contributed by atoms with E-state index in [0.29, 0.717) is 53.3 Å². The fourth-order valence-corrected chi connectivity index (χ4v) is 4.57. The zero-order valence-corrected chi connectivity index (χ0v) is 22.8. The minimum atomic E-state index is -0.142. The average molecular weight is 526 g/mol. The standard InChI is InChI=1S/C30H40ClN3O3/c1-3-5-22(6-4-7-29(35)24-10-12-25(31)13-11-24)18-33-19-27-21(2)26(14-15-28(27)32)30(36)34-16-17-37-20-23-8-9-23/h10-15,19,22-23,32-33H,3-9,16-18,20H2,1-2H3,(H,34,36)/b27-19-,32-28?. The lowest BCUT2D eigenvalue weighted by atomic mass is 9.92. The molecule has 3 rings (SSSR count). The monoisotopic (exact) mass is 525 g/mol. The fraction of sp³-hybridized carbons (Fsp3) is 0.500. The van der Waals surface area contributed by atoms with Crippen molar-refractivity contribution in [2.75, 3.05) is 26.3 Å². The first kappa shape index (κ1) is 28.9. The topological polar surface area (TPSA) is 91.3 Å². The molecule has 0 radical (unpaired) electrons. The summed E-state index contributed by atoms with van der Waals surface area (Å²) in [6.07, 6.45) is 12.2. The van der Waals surface area contributed by atoms with E-state index in [-0.39, 0.29) is 11.7 Å². The largest absolute Gasteiger partial charge is 0.390 e. The maximum absolute atomic E-state index is 12.7. The van der Waals surface area contributed by atoms with E-state index in [4.69, 9.17) is 21.7 Å². The highest BCUT2D eigenvalue weighted by Crippen LogP contribution is 2.28. The van der Waals surface area contributed by atoms with Gasteiger partial charge in [0, 0.05) is 54.0 Å². The molecule has 0 heterocycles. The number of hydrogen-bond donors (Lipinski definition) is 3. The Balaban J connectivity index is 1.47. The predicted molar refractivity (Wildman–Crippen MR) is 150 cm³/mol. The summed E-state index contributed by atoms with van der Waals surface area (Å²) < 4.78 is 5.60. The number of hydrogen-bond acceptors (Lipinski definition) is 5. The van der Waals surface area contributed by atoms with Crippen LogP contribution in [0.1, 0.15) is 69.2 Å². The Morgan fingerprint density at radius 3 is 2.65 bits per heavy atom. The molecule has 3 N–H and O–H groups in total. The summed E-state index contributed by atoms with van der Waals surface area (Å²) in [5, 5.41) is 15.3.